The minimum atomic E-state index is 0. The van der Waals surface area contributed by atoms with Gasteiger partial charge in [-0.05, 0) is 44.0 Å². The van der Waals surface area contributed by atoms with E-state index in [0.717, 1.165) is 25.3 Å². The van der Waals surface area contributed by atoms with Crippen LogP contribution in [-0.2, 0) is 6.42 Å². The number of piperidine rings is 1. The third kappa shape index (κ3) is 4.51. The highest BCUT2D eigenvalue weighted by atomic mass is 35.5. The number of hydrogen-bond donors (Lipinski definition) is 0. The molecule has 0 unspecified atom stereocenters. The number of likely N-dealkylation sites (tertiary alicyclic amines) is 1. The van der Waals surface area contributed by atoms with Gasteiger partial charge in [0.1, 0.15) is 12.4 Å². The second-order valence-corrected chi connectivity index (χ2v) is 4.71. The Balaban J connectivity index is 0.00000162. The number of benzene rings is 1. The van der Waals surface area contributed by atoms with Gasteiger partial charge in [0, 0.05) is 6.54 Å². The second-order valence-electron chi connectivity index (χ2n) is 4.71. The number of nitrogens with zero attached hydrogens (tertiary/aromatic N) is 1. The van der Waals surface area contributed by atoms with Gasteiger partial charge >= 0.3 is 0 Å². The minimum Gasteiger partial charge on any atom is -1.00 e. The van der Waals surface area contributed by atoms with E-state index in [1.807, 2.05) is 0 Å². The van der Waals surface area contributed by atoms with Crippen LogP contribution in [0, 0.1) is 0 Å². The second kappa shape index (κ2) is 8.39. The van der Waals surface area contributed by atoms with E-state index in [2.05, 4.69) is 36.1 Å². The van der Waals surface area contributed by atoms with E-state index in [1.54, 1.807) is 0 Å². The summed E-state index contributed by atoms with van der Waals surface area (Å²) < 4.78 is 5.89. The third-order valence-corrected chi connectivity index (χ3v) is 3.47. The van der Waals surface area contributed by atoms with Crippen molar-refractivity contribution in [2.45, 2.75) is 32.6 Å². The first-order chi connectivity index (χ1) is 8.40. The zero-order chi connectivity index (χ0) is 11.9. The molecular weight excluding hydrogens is 246 g/mol. The molecule has 3 heteroatoms. The summed E-state index contributed by atoms with van der Waals surface area (Å²) in [6, 6.07) is 8.36. The molecule has 0 saturated carbocycles. The van der Waals surface area contributed by atoms with Gasteiger partial charge in [0.25, 0.3) is 0 Å². The molecule has 1 aliphatic rings. The standard InChI is InChI=1S/C15H23NO.ClH/c1-2-14-8-4-5-9-15(14)17-13-12-16-10-6-3-7-11-16;/h4-5,8-9H,2-3,6-7,10-13H2,1H3;1H/p-1. The first kappa shape index (κ1) is 15.3. The van der Waals surface area contributed by atoms with E-state index < -0.39 is 0 Å². The van der Waals surface area contributed by atoms with Gasteiger partial charge in [0.2, 0.25) is 0 Å². The smallest absolute Gasteiger partial charge is 0.122 e. The lowest BCUT2D eigenvalue weighted by molar-refractivity contribution is -0.00000403. The topological polar surface area (TPSA) is 12.5 Å². The van der Waals surface area contributed by atoms with Crippen LogP contribution in [0.3, 0.4) is 0 Å². The van der Waals surface area contributed by atoms with Crippen LogP contribution in [0.15, 0.2) is 24.3 Å². The molecule has 18 heavy (non-hydrogen) atoms. The highest BCUT2D eigenvalue weighted by Gasteiger charge is 2.09. The van der Waals surface area contributed by atoms with Crippen molar-refractivity contribution in [2.75, 3.05) is 26.2 Å². The Morgan fingerprint density at radius 1 is 1.11 bits per heavy atom. The number of rotatable bonds is 5. The molecule has 1 fully saturated rings. The first-order valence-electron chi connectivity index (χ1n) is 6.83. The SMILES string of the molecule is CCc1ccccc1OCCN1CCCCC1.[Cl-]. The highest BCUT2D eigenvalue weighted by Crippen LogP contribution is 2.18. The van der Waals surface area contributed by atoms with Crippen LogP contribution in [0.5, 0.6) is 5.75 Å². The fraction of sp³-hybridized carbons (Fsp3) is 0.600. The largest absolute Gasteiger partial charge is 1.00 e. The first-order valence-corrected chi connectivity index (χ1v) is 6.83. The van der Waals surface area contributed by atoms with E-state index >= 15 is 0 Å². The molecule has 1 aromatic carbocycles. The van der Waals surface area contributed by atoms with Gasteiger partial charge in [0.05, 0.1) is 0 Å². The maximum absolute atomic E-state index is 5.89. The van der Waals surface area contributed by atoms with Crippen molar-refractivity contribution in [1.82, 2.24) is 4.90 Å². The normalized spacial score (nSPS) is 16.1. The summed E-state index contributed by atoms with van der Waals surface area (Å²) in [7, 11) is 0. The zero-order valence-electron chi connectivity index (χ0n) is 11.2. The lowest BCUT2D eigenvalue weighted by atomic mass is 10.1. The van der Waals surface area contributed by atoms with Gasteiger partial charge in [0.15, 0.2) is 0 Å². The molecule has 0 atom stereocenters. The molecule has 0 N–H and O–H groups in total. The Morgan fingerprint density at radius 3 is 2.56 bits per heavy atom. The molecule has 1 aromatic rings. The van der Waals surface area contributed by atoms with Crippen LogP contribution in [0.25, 0.3) is 0 Å². The lowest BCUT2D eigenvalue weighted by Gasteiger charge is -2.26. The highest BCUT2D eigenvalue weighted by molar-refractivity contribution is 5.33. The van der Waals surface area contributed by atoms with E-state index in [1.165, 1.54) is 37.9 Å². The van der Waals surface area contributed by atoms with Gasteiger partial charge in [-0.2, -0.15) is 0 Å². The molecule has 0 radical (unpaired) electrons. The number of halogens is 1. The minimum absolute atomic E-state index is 0. The van der Waals surface area contributed by atoms with E-state index in [-0.39, 0.29) is 12.4 Å². The molecule has 0 spiro atoms. The van der Waals surface area contributed by atoms with E-state index in [0.29, 0.717) is 0 Å². The predicted molar refractivity (Wildman–Crippen MR) is 71.6 cm³/mol. The number of aryl methyl sites for hydroxylation is 1. The maximum Gasteiger partial charge on any atom is 0.122 e. The number of hydrogen-bond acceptors (Lipinski definition) is 2. The summed E-state index contributed by atoms with van der Waals surface area (Å²) in [5, 5.41) is 0. The van der Waals surface area contributed by atoms with Crippen LogP contribution in [-0.4, -0.2) is 31.1 Å². The van der Waals surface area contributed by atoms with Gasteiger partial charge in [-0.15, -0.1) is 0 Å². The summed E-state index contributed by atoms with van der Waals surface area (Å²) in [6.45, 7) is 6.56. The van der Waals surface area contributed by atoms with E-state index in [9.17, 15) is 0 Å². The number of ether oxygens (including phenoxy) is 1. The van der Waals surface area contributed by atoms with Gasteiger partial charge in [-0.25, -0.2) is 0 Å². The molecule has 1 heterocycles. The summed E-state index contributed by atoms with van der Waals surface area (Å²) in [6.07, 6.45) is 5.15. The van der Waals surface area contributed by atoms with Crippen molar-refractivity contribution in [3.05, 3.63) is 29.8 Å². The van der Waals surface area contributed by atoms with Gasteiger partial charge < -0.3 is 17.1 Å². The van der Waals surface area contributed by atoms with Crippen molar-refractivity contribution in [2.24, 2.45) is 0 Å². The summed E-state index contributed by atoms with van der Waals surface area (Å²) in [5.74, 6) is 1.06. The molecule has 0 amide bonds. The monoisotopic (exact) mass is 268 g/mol. The molecule has 1 saturated heterocycles. The van der Waals surface area contributed by atoms with Crippen LogP contribution in [0.1, 0.15) is 31.7 Å². The zero-order valence-corrected chi connectivity index (χ0v) is 12.0. The fourth-order valence-corrected chi connectivity index (χ4v) is 2.40. The molecule has 0 aliphatic carbocycles. The molecule has 2 rings (SSSR count). The third-order valence-electron chi connectivity index (χ3n) is 3.47. The van der Waals surface area contributed by atoms with Crippen LogP contribution in [0.2, 0.25) is 0 Å². The maximum atomic E-state index is 5.89. The van der Waals surface area contributed by atoms with Crippen molar-refractivity contribution < 1.29 is 17.1 Å². The Kier molecular flexibility index (Phi) is 7.14. The molecule has 102 valence electrons. The lowest BCUT2D eigenvalue weighted by Crippen LogP contribution is -3.00. The summed E-state index contributed by atoms with van der Waals surface area (Å²) in [4.78, 5) is 2.51. The fourth-order valence-electron chi connectivity index (χ4n) is 2.40. The average molecular weight is 269 g/mol. The van der Waals surface area contributed by atoms with Crippen molar-refractivity contribution in [3.8, 4) is 5.75 Å². The van der Waals surface area contributed by atoms with Crippen molar-refractivity contribution >= 4 is 0 Å². The van der Waals surface area contributed by atoms with Crippen LogP contribution in [0.4, 0.5) is 0 Å². The van der Waals surface area contributed by atoms with Crippen LogP contribution >= 0.6 is 0 Å². The van der Waals surface area contributed by atoms with Gasteiger partial charge in [-0.1, -0.05) is 31.5 Å². The Labute approximate surface area is 117 Å². The Bertz CT molecular complexity index is 337. The Hall–Kier alpha value is -0.730. The predicted octanol–water partition coefficient (Wildman–Crippen LogP) is 0.118. The molecular formula is C15H23ClNO-. The van der Waals surface area contributed by atoms with Gasteiger partial charge in [-0.3, -0.25) is 4.90 Å². The molecule has 0 bridgehead atoms. The van der Waals surface area contributed by atoms with Crippen LogP contribution < -0.4 is 17.1 Å². The van der Waals surface area contributed by atoms with E-state index in [4.69, 9.17) is 4.74 Å². The molecule has 0 aromatic heterocycles. The van der Waals surface area contributed by atoms with Crippen molar-refractivity contribution in [1.29, 1.82) is 0 Å². The quantitative estimate of drug-likeness (QED) is 0.752. The average Bonchev–Trinajstić information content (AvgIpc) is 2.40. The summed E-state index contributed by atoms with van der Waals surface area (Å²) in [5.41, 5.74) is 1.31. The summed E-state index contributed by atoms with van der Waals surface area (Å²) >= 11 is 0. The Morgan fingerprint density at radius 2 is 1.83 bits per heavy atom. The molecule has 2 nitrogen and oxygen atoms in total. The van der Waals surface area contributed by atoms with Crippen molar-refractivity contribution in [3.63, 3.8) is 0 Å². The number of para-hydroxylation sites is 1. The molecule has 1 aliphatic heterocycles.